The highest BCUT2D eigenvalue weighted by molar-refractivity contribution is 7.91. The van der Waals surface area contributed by atoms with E-state index in [1.165, 1.54) is 30.4 Å². The van der Waals surface area contributed by atoms with Crippen LogP contribution in [0.1, 0.15) is 34.2 Å². The summed E-state index contributed by atoms with van der Waals surface area (Å²) in [6.07, 6.45) is 11.1. The van der Waals surface area contributed by atoms with Gasteiger partial charge >= 0.3 is 0 Å². The first-order chi connectivity index (χ1) is 19.2. The minimum atomic E-state index is -4.32. The molecule has 0 spiro atoms. The van der Waals surface area contributed by atoms with Crippen LogP contribution in [0.3, 0.4) is 0 Å². The van der Waals surface area contributed by atoms with Crippen molar-refractivity contribution in [3.8, 4) is 0 Å². The van der Waals surface area contributed by atoms with Gasteiger partial charge in [0.2, 0.25) is 11.8 Å². The molecule has 1 unspecified atom stereocenters. The molecule has 7 nitrogen and oxygen atoms in total. The van der Waals surface area contributed by atoms with E-state index in [-0.39, 0.29) is 16.6 Å². The summed E-state index contributed by atoms with van der Waals surface area (Å²) in [6.45, 7) is -0.394. The second kappa shape index (κ2) is 11.6. The van der Waals surface area contributed by atoms with Crippen LogP contribution in [0.2, 0.25) is 0 Å². The van der Waals surface area contributed by atoms with Crippen molar-refractivity contribution >= 4 is 48.8 Å². The summed E-state index contributed by atoms with van der Waals surface area (Å²) in [5.74, 6) is -3.17. The van der Waals surface area contributed by atoms with E-state index in [1.54, 1.807) is 36.4 Å². The average Bonchev–Trinajstić information content (AvgIpc) is 3.62. The molecular formula is C29H25F2N3O4S2. The van der Waals surface area contributed by atoms with Crippen LogP contribution in [0.25, 0.3) is 15.8 Å². The van der Waals surface area contributed by atoms with Crippen LogP contribution in [0.15, 0.2) is 84.7 Å². The van der Waals surface area contributed by atoms with E-state index in [1.807, 2.05) is 6.08 Å². The fourth-order valence-electron chi connectivity index (χ4n) is 4.12. The quantitative estimate of drug-likeness (QED) is 0.376. The van der Waals surface area contributed by atoms with Gasteiger partial charge in [0.1, 0.15) is 16.7 Å². The van der Waals surface area contributed by atoms with Gasteiger partial charge < -0.3 is 10.6 Å². The molecule has 2 aliphatic rings. The third kappa shape index (κ3) is 6.60. The van der Waals surface area contributed by atoms with E-state index < -0.39 is 50.8 Å². The van der Waals surface area contributed by atoms with Gasteiger partial charge in [0, 0.05) is 11.6 Å². The molecule has 5 rings (SSSR count). The number of hydrogen-bond donors (Lipinski definition) is 2. The number of nitrogens with zero attached hydrogens (tertiary/aromatic N) is 1. The van der Waals surface area contributed by atoms with E-state index in [0.29, 0.717) is 10.2 Å². The number of fused-ring (bicyclic) bond motifs is 1. The lowest BCUT2D eigenvalue weighted by Crippen LogP contribution is -2.41. The van der Waals surface area contributed by atoms with E-state index in [2.05, 4.69) is 15.6 Å². The molecule has 1 fully saturated rings. The maximum atomic E-state index is 14.4. The van der Waals surface area contributed by atoms with Gasteiger partial charge in [-0.3, -0.25) is 9.59 Å². The highest BCUT2D eigenvalue weighted by Gasteiger charge is 2.38. The molecule has 11 heteroatoms. The standard InChI is InChI=1S/C29H25F2N3O4S2/c30-21-7-3-1-5-18(9-11-21)19-10-14-24-25(15-19)39-29(34-24)27(28(36)32-16-26(35)33-22-12-13-22)40(37,38)17-20-6-2-4-8-23(20)31/h1-11,14-15,22,27H,12-13,16-17H2,(H,32,36)(H,33,35)/b3-1?,5-1?,7-3+,11-9?,18-5?,18-9?,21-7?,21-11+. The normalized spacial score (nSPS) is 18.1. The van der Waals surface area contributed by atoms with Crippen molar-refractivity contribution in [2.24, 2.45) is 0 Å². The minimum absolute atomic E-state index is 0.000322. The largest absolute Gasteiger partial charge is 0.352 e. The number of benzene rings is 2. The highest BCUT2D eigenvalue weighted by atomic mass is 32.2. The van der Waals surface area contributed by atoms with Gasteiger partial charge in [-0.05, 0) is 54.3 Å². The van der Waals surface area contributed by atoms with E-state index in [4.69, 9.17) is 0 Å². The smallest absolute Gasteiger partial charge is 0.245 e. The molecule has 2 amide bonds. The van der Waals surface area contributed by atoms with E-state index >= 15 is 0 Å². The highest BCUT2D eigenvalue weighted by Crippen LogP contribution is 2.35. The van der Waals surface area contributed by atoms with Gasteiger partial charge in [-0.2, -0.15) is 0 Å². The number of aromatic nitrogens is 1. The van der Waals surface area contributed by atoms with Crippen LogP contribution in [0.5, 0.6) is 0 Å². The SMILES string of the molecule is O=C(CNC(=O)C(c1nc2ccc(C3=C/C=C(F)\C=C\C=C3)cc2s1)S(=O)(=O)Cc1ccccc1F)NC1CC1. The van der Waals surface area contributed by atoms with Gasteiger partial charge in [-0.1, -0.05) is 48.6 Å². The van der Waals surface area contributed by atoms with Gasteiger partial charge in [0.15, 0.2) is 15.1 Å². The molecule has 2 N–H and O–H groups in total. The summed E-state index contributed by atoms with van der Waals surface area (Å²) >= 11 is 1.02. The van der Waals surface area contributed by atoms with Crippen LogP contribution in [-0.4, -0.2) is 37.8 Å². The Balaban J connectivity index is 1.48. The fourth-order valence-corrected chi connectivity index (χ4v) is 7.30. The summed E-state index contributed by atoms with van der Waals surface area (Å²) in [5.41, 5.74) is 1.85. The monoisotopic (exact) mass is 581 g/mol. The Labute approximate surface area is 233 Å². The van der Waals surface area contributed by atoms with Crippen molar-refractivity contribution in [1.82, 2.24) is 15.6 Å². The number of carbonyl (C=O) groups is 2. The first-order valence-electron chi connectivity index (χ1n) is 12.5. The molecule has 2 aliphatic carbocycles. The third-order valence-electron chi connectivity index (χ3n) is 6.30. The summed E-state index contributed by atoms with van der Waals surface area (Å²) in [5, 5.41) is 3.40. The third-order valence-corrected chi connectivity index (χ3v) is 9.41. The number of amides is 2. The zero-order valence-electron chi connectivity index (χ0n) is 21.1. The topological polar surface area (TPSA) is 105 Å². The Kier molecular flexibility index (Phi) is 8.04. The van der Waals surface area contributed by atoms with Gasteiger partial charge in [-0.25, -0.2) is 22.2 Å². The molecule has 40 heavy (non-hydrogen) atoms. The zero-order chi connectivity index (χ0) is 28.3. The number of carbonyl (C=O) groups excluding carboxylic acids is 2. The molecule has 206 valence electrons. The maximum Gasteiger partial charge on any atom is 0.245 e. The average molecular weight is 582 g/mol. The fraction of sp³-hybridized carbons (Fsp3) is 0.207. The predicted molar refractivity (Wildman–Crippen MR) is 151 cm³/mol. The predicted octanol–water partition coefficient (Wildman–Crippen LogP) is 4.85. The van der Waals surface area contributed by atoms with Crippen molar-refractivity contribution < 1.29 is 26.8 Å². The summed E-state index contributed by atoms with van der Waals surface area (Å²) in [6, 6.07) is 10.8. The molecule has 3 aromatic rings. The Hall–Kier alpha value is -3.96. The van der Waals surface area contributed by atoms with Crippen LogP contribution < -0.4 is 10.6 Å². The number of allylic oxidation sites excluding steroid dienone is 8. The van der Waals surface area contributed by atoms with Crippen LogP contribution in [-0.2, 0) is 25.2 Å². The summed E-state index contributed by atoms with van der Waals surface area (Å²) < 4.78 is 55.9. The maximum absolute atomic E-state index is 14.4. The summed E-state index contributed by atoms with van der Waals surface area (Å²) in [7, 11) is -4.32. The van der Waals surface area contributed by atoms with Gasteiger partial charge in [0.25, 0.3) is 0 Å². The minimum Gasteiger partial charge on any atom is -0.352 e. The molecule has 0 saturated heterocycles. The van der Waals surface area contributed by atoms with Gasteiger partial charge in [-0.15, -0.1) is 11.3 Å². The van der Waals surface area contributed by atoms with Gasteiger partial charge in [0.05, 0.1) is 22.5 Å². The number of rotatable bonds is 9. The zero-order valence-corrected chi connectivity index (χ0v) is 22.8. The Morgan fingerprint density at radius 3 is 2.60 bits per heavy atom. The van der Waals surface area contributed by atoms with Crippen molar-refractivity contribution in [2.75, 3.05) is 6.54 Å². The lowest BCUT2D eigenvalue weighted by molar-refractivity contribution is -0.126. The lowest BCUT2D eigenvalue weighted by atomic mass is 10.0. The van der Waals surface area contributed by atoms with E-state index in [9.17, 15) is 26.8 Å². The second-order valence-corrected chi connectivity index (χ2v) is 12.6. The molecule has 1 saturated carbocycles. The first-order valence-corrected chi connectivity index (χ1v) is 15.1. The van der Waals surface area contributed by atoms with Crippen LogP contribution >= 0.6 is 11.3 Å². The molecule has 0 bridgehead atoms. The summed E-state index contributed by atoms with van der Waals surface area (Å²) in [4.78, 5) is 29.9. The number of hydrogen-bond acceptors (Lipinski definition) is 6. The molecule has 0 radical (unpaired) electrons. The lowest BCUT2D eigenvalue weighted by Gasteiger charge is -2.16. The van der Waals surface area contributed by atoms with Crippen LogP contribution in [0, 0.1) is 5.82 Å². The number of thiazole rings is 1. The Morgan fingerprint density at radius 1 is 1.05 bits per heavy atom. The number of halogens is 2. The molecule has 2 aromatic carbocycles. The molecule has 1 heterocycles. The Morgan fingerprint density at radius 2 is 1.82 bits per heavy atom. The van der Waals surface area contributed by atoms with Crippen molar-refractivity contribution in [1.29, 1.82) is 0 Å². The van der Waals surface area contributed by atoms with Crippen molar-refractivity contribution in [3.05, 3.63) is 107 Å². The molecule has 1 atom stereocenters. The molecule has 0 aliphatic heterocycles. The Bertz CT molecular complexity index is 1700. The number of nitrogens with one attached hydrogen (secondary N) is 2. The first kappa shape index (κ1) is 27.6. The van der Waals surface area contributed by atoms with Crippen LogP contribution in [0.4, 0.5) is 8.78 Å². The number of sulfone groups is 1. The van der Waals surface area contributed by atoms with E-state index in [0.717, 1.165) is 41.4 Å². The van der Waals surface area contributed by atoms with Crippen molar-refractivity contribution in [3.63, 3.8) is 0 Å². The molecule has 1 aromatic heterocycles. The van der Waals surface area contributed by atoms with Crippen molar-refractivity contribution in [2.45, 2.75) is 29.9 Å². The molecular weight excluding hydrogens is 556 g/mol. The second-order valence-electron chi connectivity index (χ2n) is 9.46.